The van der Waals surface area contributed by atoms with Gasteiger partial charge in [-0.1, -0.05) is 0 Å². The van der Waals surface area contributed by atoms with Crippen LogP contribution >= 0.6 is 11.3 Å². The summed E-state index contributed by atoms with van der Waals surface area (Å²) in [5.74, 6) is 0.00992. The second kappa shape index (κ2) is 4.88. The molecule has 0 aliphatic heterocycles. The Morgan fingerprint density at radius 3 is 3.00 bits per heavy atom. The molecule has 0 aliphatic rings. The van der Waals surface area contributed by atoms with Gasteiger partial charge in [0, 0.05) is 12.4 Å². The molecule has 0 bridgehead atoms. The molecule has 0 aliphatic carbocycles. The van der Waals surface area contributed by atoms with Crippen molar-refractivity contribution in [3.63, 3.8) is 0 Å². The number of aromatic nitrogens is 3. The Morgan fingerprint density at radius 1 is 1.53 bits per heavy atom. The van der Waals surface area contributed by atoms with Gasteiger partial charge in [-0.2, -0.15) is 0 Å². The maximum Gasteiger partial charge on any atom is 0.274 e. The van der Waals surface area contributed by atoms with Crippen LogP contribution in [0.25, 0.3) is 0 Å². The van der Waals surface area contributed by atoms with E-state index in [-0.39, 0.29) is 17.4 Å². The van der Waals surface area contributed by atoms with Crippen molar-refractivity contribution >= 4 is 23.1 Å². The first-order valence-corrected chi connectivity index (χ1v) is 5.81. The van der Waals surface area contributed by atoms with Crippen molar-refractivity contribution in [1.29, 1.82) is 0 Å². The number of carbonyl (C=O) groups is 1. The van der Waals surface area contributed by atoms with Crippen LogP contribution in [0, 0.1) is 0 Å². The summed E-state index contributed by atoms with van der Waals surface area (Å²) in [6, 6.07) is 0. The Bertz CT molecular complexity index is 513. The quantitative estimate of drug-likeness (QED) is 0.869. The number of amides is 1. The Balaban J connectivity index is 2.09. The Morgan fingerprint density at radius 2 is 2.35 bits per heavy atom. The van der Waals surface area contributed by atoms with Crippen molar-refractivity contribution in [2.75, 3.05) is 12.8 Å². The highest BCUT2D eigenvalue weighted by Crippen LogP contribution is 2.07. The number of nitrogens with two attached hydrogens (primary N) is 1. The number of rotatable bonds is 3. The second-order valence-electron chi connectivity index (χ2n) is 3.47. The minimum absolute atomic E-state index is 0.224. The summed E-state index contributed by atoms with van der Waals surface area (Å²) in [6.07, 6.45) is 2.80. The van der Waals surface area contributed by atoms with Gasteiger partial charge in [0.25, 0.3) is 5.91 Å². The molecule has 2 rings (SSSR count). The van der Waals surface area contributed by atoms with Crippen LogP contribution in [0.5, 0.6) is 0 Å². The van der Waals surface area contributed by atoms with Crippen LogP contribution in [-0.4, -0.2) is 32.8 Å². The summed E-state index contributed by atoms with van der Waals surface area (Å²) in [6.45, 7) is 0.443. The zero-order chi connectivity index (χ0) is 12.3. The first kappa shape index (κ1) is 11.5. The minimum Gasteiger partial charge on any atom is -0.382 e. The fourth-order valence-corrected chi connectivity index (χ4v) is 1.86. The van der Waals surface area contributed by atoms with Gasteiger partial charge in [-0.3, -0.25) is 9.78 Å². The number of thiazole rings is 1. The maximum atomic E-state index is 12.0. The van der Waals surface area contributed by atoms with Crippen molar-refractivity contribution in [1.82, 2.24) is 19.9 Å². The molecule has 0 atom stereocenters. The summed E-state index contributed by atoms with van der Waals surface area (Å²) < 4.78 is 0. The minimum atomic E-state index is -0.224. The van der Waals surface area contributed by atoms with Crippen molar-refractivity contribution in [3.8, 4) is 0 Å². The number of hydrogen-bond acceptors (Lipinski definition) is 6. The van der Waals surface area contributed by atoms with Crippen LogP contribution in [0.3, 0.4) is 0 Å². The Hall–Kier alpha value is -2.02. The fraction of sp³-hybridized carbons (Fsp3) is 0.200. The largest absolute Gasteiger partial charge is 0.382 e. The van der Waals surface area contributed by atoms with Crippen LogP contribution in [-0.2, 0) is 6.54 Å². The summed E-state index contributed by atoms with van der Waals surface area (Å²) in [7, 11) is 1.69. The molecule has 0 spiro atoms. The molecule has 6 nitrogen and oxygen atoms in total. The highest BCUT2D eigenvalue weighted by Gasteiger charge is 2.14. The molecule has 0 saturated carbocycles. The van der Waals surface area contributed by atoms with Gasteiger partial charge >= 0.3 is 0 Å². The summed E-state index contributed by atoms with van der Waals surface area (Å²) in [4.78, 5) is 25.4. The van der Waals surface area contributed by atoms with E-state index in [1.54, 1.807) is 12.6 Å². The van der Waals surface area contributed by atoms with Crippen LogP contribution < -0.4 is 5.73 Å². The monoisotopic (exact) mass is 249 g/mol. The van der Waals surface area contributed by atoms with E-state index in [9.17, 15) is 4.79 Å². The number of nitrogen functional groups attached to an aromatic ring is 1. The van der Waals surface area contributed by atoms with Gasteiger partial charge in [0.1, 0.15) is 11.5 Å². The molecule has 0 unspecified atom stereocenters. The predicted octanol–water partition coefficient (Wildman–Crippen LogP) is 0.787. The molecule has 0 saturated heterocycles. The van der Waals surface area contributed by atoms with Gasteiger partial charge in [0.15, 0.2) is 0 Å². The number of anilines is 1. The van der Waals surface area contributed by atoms with E-state index in [0.29, 0.717) is 6.54 Å². The molecule has 2 aromatic heterocycles. The molecule has 2 N–H and O–H groups in total. The molecule has 88 valence electrons. The SMILES string of the molecule is CN(Cc1cscn1)C(=O)c1cncc(N)n1. The molecular formula is C10H11N5OS. The zero-order valence-electron chi connectivity index (χ0n) is 9.20. The lowest BCUT2D eigenvalue weighted by atomic mass is 10.3. The lowest BCUT2D eigenvalue weighted by Crippen LogP contribution is -2.27. The maximum absolute atomic E-state index is 12.0. The van der Waals surface area contributed by atoms with Gasteiger partial charge < -0.3 is 10.6 Å². The highest BCUT2D eigenvalue weighted by atomic mass is 32.1. The number of hydrogen-bond donors (Lipinski definition) is 1. The number of carbonyl (C=O) groups excluding carboxylic acids is 1. The van der Waals surface area contributed by atoms with Crippen LogP contribution in [0.4, 0.5) is 5.82 Å². The molecular weight excluding hydrogens is 238 g/mol. The second-order valence-corrected chi connectivity index (χ2v) is 4.19. The van der Waals surface area contributed by atoms with E-state index in [2.05, 4.69) is 15.0 Å². The third-order valence-corrected chi connectivity index (χ3v) is 2.74. The number of nitrogens with zero attached hydrogens (tertiary/aromatic N) is 4. The van der Waals surface area contributed by atoms with Crippen LogP contribution in [0.15, 0.2) is 23.3 Å². The third-order valence-electron chi connectivity index (χ3n) is 2.10. The fourth-order valence-electron chi connectivity index (χ4n) is 1.31. The zero-order valence-corrected chi connectivity index (χ0v) is 10.0. The van der Waals surface area contributed by atoms with Gasteiger partial charge in [-0.25, -0.2) is 9.97 Å². The van der Waals surface area contributed by atoms with E-state index in [1.165, 1.54) is 28.6 Å². The molecule has 2 aromatic rings. The van der Waals surface area contributed by atoms with Gasteiger partial charge in [-0.05, 0) is 0 Å². The van der Waals surface area contributed by atoms with Gasteiger partial charge in [0.05, 0.1) is 30.1 Å². The molecule has 0 aromatic carbocycles. The highest BCUT2D eigenvalue weighted by molar-refractivity contribution is 7.07. The smallest absolute Gasteiger partial charge is 0.274 e. The van der Waals surface area contributed by atoms with E-state index in [1.807, 2.05) is 5.38 Å². The third kappa shape index (κ3) is 2.76. The average Bonchev–Trinajstić information content (AvgIpc) is 2.80. The van der Waals surface area contributed by atoms with Gasteiger partial charge in [0.2, 0.25) is 0 Å². The van der Waals surface area contributed by atoms with Crippen molar-refractivity contribution in [2.45, 2.75) is 6.54 Å². The van der Waals surface area contributed by atoms with Gasteiger partial charge in [-0.15, -0.1) is 11.3 Å². The molecule has 0 fully saturated rings. The van der Waals surface area contributed by atoms with Crippen molar-refractivity contribution < 1.29 is 4.79 Å². The Kier molecular flexibility index (Phi) is 3.29. The standard InChI is InChI=1S/C10H11N5OS/c1-15(4-7-5-17-6-13-7)10(16)8-2-12-3-9(11)14-8/h2-3,5-6H,4H2,1H3,(H2,11,14). The first-order valence-electron chi connectivity index (χ1n) is 4.87. The molecule has 1 amide bonds. The van der Waals surface area contributed by atoms with E-state index >= 15 is 0 Å². The normalized spacial score (nSPS) is 10.2. The summed E-state index contributed by atoms with van der Waals surface area (Å²) in [5, 5.41) is 1.90. The lowest BCUT2D eigenvalue weighted by Gasteiger charge is -2.14. The lowest BCUT2D eigenvalue weighted by molar-refractivity contribution is 0.0777. The first-order chi connectivity index (χ1) is 8.16. The topological polar surface area (TPSA) is 85.0 Å². The van der Waals surface area contributed by atoms with Crippen molar-refractivity contribution in [2.24, 2.45) is 0 Å². The Labute approximate surface area is 102 Å². The average molecular weight is 249 g/mol. The summed E-state index contributed by atoms with van der Waals surface area (Å²) in [5.41, 5.74) is 8.30. The predicted molar refractivity (Wildman–Crippen MR) is 64.4 cm³/mol. The van der Waals surface area contributed by atoms with E-state index in [0.717, 1.165) is 5.69 Å². The van der Waals surface area contributed by atoms with Crippen LogP contribution in [0.2, 0.25) is 0 Å². The van der Waals surface area contributed by atoms with Crippen molar-refractivity contribution in [3.05, 3.63) is 34.7 Å². The van der Waals surface area contributed by atoms with E-state index < -0.39 is 0 Å². The molecule has 7 heteroatoms. The van der Waals surface area contributed by atoms with E-state index in [4.69, 9.17) is 5.73 Å². The summed E-state index contributed by atoms with van der Waals surface area (Å²) >= 11 is 1.49. The van der Waals surface area contributed by atoms with Crippen LogP contribution in [0.1, 0.15) is 16.2 Å². The molecule has 17 heavy (non-hydrogen) atoms. The molecule has 2 heterocycles. The molecule has 0 radical (unpaired) electrons.